The Morgan fingerprint density at radius 1 is 1.27 bits per heavy atom. The number of aliphatic imine (C=N–C) groups is 1. The van der Waals surface area contributed by atoms with Gasteiger partial charge in [-0.2, -0.15) is 0 Å². The quantitative estimate of drug-likeness (QED) is 0.586. The Morgan fingerprint density at radius 2 is 2.00 bits per heavy atom. The van der Waals surface area contributed by atoms with Crippen molar-refractivity contribution in [3.8, 4) is 0 Å². The maximum Gasteiger partial charge on any atom is 0.338 e. The first-order valence-corrected chi connectivity index (χ1v) is 9.48. The highest BCUT2D eigenvalue weighted by Gasteiger charge is 2.41. The summed E-state index contributed by atoms with van der Waals surface area (Å²) in [5.41, 5.74) is 2.98. The van der Waals surface area contributed by atoms with Crippen LogP contribution < -0.4 is 0 Å². The lowest BCUT2D eigenvalue weighted by molar-refractivity contribution is -0.141. The molecule has 1 aromatic carbocycles. The number of esters is 1. The van der Waals surface area contributed by atoms with E-state index in [2.05, 4.69) is 4.99 Å². The molecule has 0 aromatic heterocycles. The smallest absolute Gasteiger partial charge is 0.338 e. The van der Waals surface area contributed by atoms with Crippen molar-refractivity contribution in [2.45, 2.75) is 26.3 Å². The molecule has 1 amide bonds. The van der Waals surface area contributed by atoms with Crippen LogP contribution in [0.5, 0.6) is 0 Å². The summed E-state index contributed by atoms with van der Waals surface area (Å²) in [6, 6.07) is 7.34. The summed E-state index contributed by atoms with van der Waals surface area (Å²) in [4.78, 5) is 31.6. The minimum absolute atomic E-state index is 0.0252. The zero-order valence-corrected chi connectivity index (χ0v) is 16.0. The Labute approximate surface area is 157 Å². The second kappa shape index (κ2) is 8.05. The van der Waals surface area contributed by atoms with Gasteiger partial charge in [-0.05, 0) is 19.4 Å². The molecule has 1 unspecified atom stereocenters. The molecule has 138 valence electrons. The zero-order chi connectivity index (χ0) is 18.7. The number of carbonyl (C=O) groups excluding carboxylic acids is 2. The van der Waals surface area contributed by atoms with E-state index in [9.17, 15) is 9.59 Å². The summed E-state index contributed by atoms with van der Waals surface area (Å²) >= 11 is 1.54. The normalized spacial score (nSPS) is 20.0. The van der Waals surface area contributed by atoms with E-state index in [0.717, 1.165) is 11.1 Å². The molecular weight excluding hydrogens is 352 g/mol. The van der Waals surface area contributed by atoms with Crippen molar-refractivity contribution >= 4 is 28.8 Å². The summed E-state index contributed by atoms with van der Waals surface area (Å²) in [5.74, 6) is 0.217. The van der Waals surface area contributed by atoms with Gasteiger partial charge in [0.05, 0.1) is 23.9 Å². The SMILES string of the molecule is COCCOC(=O)C1=C(C)N=C2SCCC(=O)N2C1c1ccc(C)cc1. The number of ether oxygens (including phenoxy) is 2. The number of amidine groups is 1. The number of amides is 1. The van der Waals surface area contributed by atoms with E-state index in [4.69, 9.17) is 9.47 Å². The maximum absolute atomic E-state index is 12.8. The molecule has 7 heteroatoms. The molecule has 0 spiro atoms. The number of hydrogen-bond acceptors (Lipinski definition) is 6. The predicted octanol–water partition coefficient (Wildman–Crippen LogP) is 2.83. The average Bonchev–Trinajstić information content (AvgIpc) is 2.61. The first-order valence-electron chi connectivity index (χ1n) is 8.50. The molecule has 2 aliphatic rings. The van der Waals surface area contributed by atoms with E-state index in [1.807, 2.05) is 31.2 Å². The van der Waals surface area contributed by atoms with E-state index >= 15 is 0 Å². The van der Waals surface area contributed by atoms with Crippen LogP contribution in [0.2, 0.25) is 0 Å². The molecule has 0 N–H and O–H groups in total. The Hall–Kier alpha value is -2.12. The monoisotopic (exact) mass is 374 g/mol. The summed E-state index contributed by atoms with van der Waals surface area (Å²) in [7, 11) is 1.55. The largest absolute Gasteiger partial charge is 0.460 e. The first-order chi connectivity index (χ1) is 12.5. The van der Waals surface area contributed by atoms with Crippen molar-refractivity contribution in [2.75, 3.05) is 26.1 Å². The van der Waals surface area contributed by atoms with E-state index < -0.39 is 12.0 Å². The number of carbonyl (C=O) groups is 2. The highest BCUT2D eigenvalue weighted by atomic mass is 32.2. The maximum atomic E-state index is 12.8. The third-order valence-corrected chi connectivity index (χ3v) is 5.29. The highest BCUT2D eigenvalue weighted by molar-refractivity contribution is 8.14. The lowest BCUT2D eigenvalue weighted by Gasteiger charge is -2.38. The molecule has 1 aromatic rings. The van der Waals surface area contributed by atoms with Gasteiger partial charge < -0.3 is 9.47 Å². The van der Waals surface area contributed by atoms with Gasteiger partial charge in [-0.15, -0.1) is 0 Å². The van der Waals surface area contributed by atoms with Gasteiger partial charge in [-0.3, -0.25) is 9.69 Å². The lowest BCUT2D eigenvalue weighted by Crippen LogP contribution is -2.45. The summed E-state index contributed by atoms with van der Waals surface area (Å²) in [6.07, 6.45) is 0.428. The lowest BCUT2D eigenvalue weighted by atomic mass is 9.93. The summed E-state index contributed by atoms with van der Waals surface area (Å²) < 4.78 is 10.3. The molecule has 3 rings (SSSR count). The number of aryl methyl sites for hydroxylation is 1. The Balaban J connectivity index is 2.03. The van der Waals surface area contributed by atoms with Gasteiger partial charge >= 0.3 is 5.97 Å². The summed E-state index contributed by atoms with van der Waals surface area (Å²) in [6.45, 7) is 4.27. The van der Waals surface area contributed by atoms with Crippen LogP contribution in [0.3, 0.4) is 0 Å². The molecule has 2 aliphatic heterocycles. The number of allylic oxidation sites excluding steroid dienone is 1. The summed E-state index contributed by atoms with van der Waals surface area (Å²) in [5, 5.41) is 0.651. The highest BCUT2D eigenvalue weighted by Crippen LogP contribution is 2.40. The minimum atomic E-state index is -0.515. The molecule has 1 fully saturated rings. The fourth-order valence-corrected chi connectivity index (χ4v) is 4.02. The van der Waals surface area contributed by atoms with Crippen LogP contribution in [0.25, 0.3) is 0 Å². The average molecular weight is 374 g/mol. The van der Waals surface area contributed by atoms with Crippen molar-refractivity contribution < 1.29 is 19.1 Å². The third-order valence-electron chi connectivity index (χ3n) is 4.34. The van der Waals surface area contributed by atoms with Crippen LogP contribution in [-0.2, 0) is 19.1 Å². The van der Waals surface area contributed by atoms with Gasteiger partial charge in [-0.25, -0.2) is 9.79 Å². The molecule has 6 nitrogen and oxygen atoms in total. The van der Waals surface area contributed by atoms with Gasteiger partial charge in [0, 0.05) is 19.3 Å². The fourth-order valence-electron chi connectivity index (χ4n) is 3.02. The van der Waals surface area contributed by atoms with Gasteiger partial charge in [0.1, 0.15) is 6.61 Å². The van der Waals surface area contributed by atoms with Crippen LogP contribution in [0.15, 0.2) is 40.5 Å². The Bertz CT molecular complexity index is 770. The van der Waals surface area contributed by atoms with Crippen molar-refractivity contribution in [1.82, 2.24) is 4.90 Å². The first kappa shape index (κ1) is 18.7. The molecule has 1 saturated heterocycles. The number of nitrogens with zero attached hydrogens (tertiary/aromatic N) is 2. The zero-order valence-electron chi connectivity index (χ0n) is 15.2. The van der Waals surface area contributed by atoms with E-state index in [1.54, 1.807) is 30.7 Å². The van der Waals surface area contributed by atoms with Crippen LogP contribution in [0.1, 0.15) is 30.5 Å². The molecule has 0 bridgehead atoms. The molecule has 2 heterocycles. The van der Waals surface area contributed by atoms with E-state index in [0.29, 0.717) is 35.2 Å². The van der Waals surface area contributed by atoms with Crippen molar-refractivity contribution in [1.29, 1.82) is 0 Å². The van der Waals surface area contributed by atoms with Crippen molar-refractivity contribution in [3.63, 3.8) is 0 Å². The van der Waals surface area contributed by atoms with Crippen molar-refractivity contribution in [2.24, 2.45) is 4.99 Å². The third kappa shape index (κ3) is 3.68. The second-order valence-electron chi connectivity index (χ2n) is 6.20. The van der Waals surface area contributed by atoms with E-state index in [-0.39, 0.29) is 12.5 Å². The van der Waals surface area contributed by atoms with Crippen LogP contribution in [0.4, 0.5) is 0 Å². The molecule has 26 heavy (non-hydrogen) atoms. The number of fused-ring (bicyclic) bond motifs is 1. The Morgan fingerprint density at radius 3 is 2.69 bits per heavy atom. The molecule has 0 radical (unpaired) electrons. The Kier molecular flexibility index (Phi) is 5.78. The van der Waals surface area contributed by atoms with Crippen LogP contribution in [0, 0.1) is 6.92 Å². The number of benzene rings is 1. The van der Waals surface area contributed by atoms with Gasteiger partial charge in [0.15, 0.2) is 5.17 Å². The molecule has 0 aliphatic carbocycles. The number of thioether (sulfide) groups is 1. The number of hydrogen-bond donors (Lipinski definition) is 0. The number of rotatable bonds is 5. The van der Waals surface area contributed by atoms with Gasteiger partial charge in [-0.1, -0.05) is 41.6 Å². The molecule has 0 saturated carbocycles. The van der Waals surface area contributed by atoms with Gasteiger partial charge in [0.25, 0.3) is 0 Å². The standard InChI is InChI=1S/C19H22N2O4S/c1-12-4-6-14(7-5-12)17-16(18(23)25-10-9-24-3)13(2)20-19-21(17)15(22)8-11-26-19/h4-7,17H,8-11H2,1-3H3. The van der Waals surface area contributed by atoms with Crippen LogP contribution in [-0.4, -0.2) is 48.0 Å². The second-order valence-corrected chi connectivity index (χ2v) is 7.26. The number of methoxy groups -OCH3 is 1. The topological polar surface area (TPSA) is 68.2 Å². The minimum Gasteiger partial charge on any atom is -0.460 e. The molecule has 1 atom stereocenters. The fraction of sp³-hybridized carbons (Fsp3) is 0.421. The van der Waals surface area contributed by atoms with Crippen molar-refractivity contribution in [3.05, 3.63) is 46.7 Å². The molecular formula is C19H22N2O4S. The predicted molar refractivity (Wildman–Crippen MR) is 101 cm³/mol. The van der Waals surface area contributed by atoms with Crippen LogP contribution >= 0.6 is 11.8 Å². The van der Waals surface area contributed by atoms with Gasteiger partial charge in [0.2, 0.25) is 5.91 Å². The van der Waals surface area contributed by atoms with E-state index in [1.165, 1.54) is 0 Å².